The largest absolute Gasteiger partial charge is 0.366 e. The average molecular weight is 465 g/mol. The highest BCUT2D eigenvalue weighted by Gasteiger charge is 2.37. The van der Waals surface area contributed by atoms with E-state index in [1.807, 2.05) is 6.92 Å². The van der Waals surface area contributed by atoms with E-state index in [1.54, 1.807) is 0 Å². The first-order valence-electron chi connectivity index (χ1n) is 11.4. The fourth-order valence-corrected chi connectivity index (χ4v) is 6.90. The number of carbonyl (C=O) groups excluding carboxylic acids is 1. The molecule has 0 fully saturated rings. The van der Waals surface area contributed by atoms with E-state index in [2.05, 4.69) is 92.4 Å². The van der Waals surface area contributed by atoms with Crippen LogP contribution in [-0.4, -0.2) is 62.2 Å². The van der Waals surface area contributed by atoms with Crippen molar-refractivity contribution in [1.82, 2.24) is 9.34 Å². The number of hydrogen-bond donors (Lipinski definition) is 0. The van der Waals surface area contributed by atoms with Crippen molar-refractivity contribution in [2.75, 3.05) is 12.4 Å². The summed E-state index contributed by atoms with van der Waals surface area (Å²) in [7, 11) is -0.945. The molecule has 0 heterocycles. The SMILES string of the molecule is CCC(=O)SCC(C)(C)OC(C)(C)COP(N(C(C)C)C(C)C)N(C(C)C)C(C)C. The van der Waals surface area contributed by atoms with Crippen LogP contribution in [-0.2, 0) is 14.1 Å². The number of ether oxygens (including phenoxy) is 1. The summed E-state index contributed by atoms with van der Waals surface area (Å²) in [6.45, 7) is 28.6. The predicted molar refractivity (Wildman–Crippen MR) is 134 cm³/mol. The first-order valence-corrected chi connectivity index (χ1v) is 13.5. The van der Waals surface area contributed by atoms with Gasteiger partial charge in [0.2, 0.25) is 0 Å². The molecule has 0 N–H and O–H groups in total. The molecule has 0 saturated heterocycles. The van der Waals surface area contributed by atoms with Crippen molar-refractivity contribution in [3.63, 3.8) is 0 Å². The van der Waals surface area contributed by atoms with E-state index in [0.717, 1.165) is 0 Å². The van der Waals surface area contributed by atoms with Crippen LogP contribution in [0.25, 0.3) is 0 Å². The number of carbonyl (C=O) groups is 1. The van der Waals surface area contributed by atoms with Gasteiger partial charge in [-0.1, -0.05) is 18.7 Å². The van der Waals surface area contributed by atoms with E-state index in [0.29, 0.717) is 42.9 Å². The zero-order valence-corrected chi connectivity index (χ0v) is 23.6. The third-order valence-electron chi connectivity index (χ3n) is 4.46. The minimum atomic E-state index is -0.945. The molecule has 0 aliphatic rings. The molecule has 0 atom stereocenters. The van der Waals surface area contributed by atoms with Gasteiger partial charge in [-0.2, -0.15) is 0 Å². The molecular formula is C23H49N2O3PS. The summed E-state index contributed by atoms with van der Waals surface area (Å²) in [5.41, 5.74) is -0.865. The van der Waals surface area contributed by atoms with Gasteiger partial charge in [0.15, 0.2) is 13.6 Å². The molecule has 7 heteroatoms. The summed E-state index contributed by atoms with van der Waals surface area (Å²) in [4.78, 5) is 11.7. The highest BCUT2D eigenvalue weighted by Crippen LogP contribution is 2.51. The molecule has 0 aromatic rings. The number of rotatable bonds is 14. The van der Waals surface area contributed by atoms with Gasteiger partial charge < -0.3 is 9.26 Å². The fourth-order valence-electron chi connectivity index (χ4n) is 3.61. The maximum absolute atomic E-state index is 11.7. The minimum absolute atomic E-state index is 0.207. The molecule has 0 radical (unpaired) electrons. The molecule has 0 aromatic heterocycles. The van der Waals surface area contributed by atoms with Crippen molar-refractivity contribution in [3.05, 3.63) is 0 Å². The third-order valence-corrected chi connectivity index (χ3v) is 8.91. The quantitative estimate of drug-likeness (QED) is 0.266. The highest BCUT2D eigenvalue weighted by atomic mass is 32.2. The Morgan fingerprint density at radius 1 is 0.833 bits per heavy atom. The lowest BCUT2D eigenvalue weighted by atomic mass is 10.1. The summed E-state index contributed by atoms with van der Waals surface area (Å²) in [6.07, 6.45) is 0.554. The Balaban J connectivity index is 5.47. The van der Waals surface area contributed by atoms with Crippen molar-refractivity contribution in [2.24, 2.45) is 0 Å². The van der Waals surface area contributed by atoms with Crippen LogP contribution < -0.4 is 0 Å². The van der Waals surface area contributed by atoms with Crippen LogP contribution in [0.5, 0.6) is 0 Å². The zero-order valence-electron chi connectivity index (χ0n) is 21.9. The van der Waals surface area contributed by atoms with Gasteiger partial charge in [-0.05, 0) is 83.1 Å². The first-order chi connectivity index (χ1) is 13.5. The minimum Gasteiger partial charge on any atom is -0.366 e. The van der Waals surface area contributed by atoms with Gasteiger partial charge in [0.1, 0.15) is 0 Å². The van der Waals surface area contributed by atoms with Gasteiger partial charge in [0, 0.05) is 36.3 Å². The van der Waals surface area contributed by atoms with E-state index < -0.39 is 19.7 Å². The molecule has 0 aromatic carbocycles. The standard InChI is InChI=1S/C23H49N2O3PS/c1-14-21(26)30-16-23(12,13)28-22(10,11)15-27-29(24(17(2)3)18(4)5)25(19(6)7)20(8)9/h17-20H,14-16H2,1-13H3. The van der Waals surface area contributed by atoms with Gasteiger partial charge in [0.25, 0.3) is 0 Å². The molecule has 0 rings (SSSR count). The van der Waals surface area contributed by atoms with Crippen LogP contribution in [0.15, 0.2) is 0 Å². The highest BCUT2D eigenvalue weighted by molar-refractivity contribution is 8.13. The van der Waals surface area contributed by atoms with Gasteiger partial charge >= 0.3 is 0 Å². The first kappa shape index (κ1) is 30.3. The molecule has 0 aliphatic carbocycles. The number of thioether (sulfide) groups is 1. The fraction of sp³-hybridized carbons (Fsp3) is 0.957. The maximum Gasteiger partial charge on any atom is 0.189 e. The van der Waals surface area contributed by atoms with Gasteiger partial charge in [-0.3, -0.25) is 4.79 Å². The molecular weight excluding hydrogens is 415 g/mol. The second-order valence-electron chi connectivity index (χ2n) is 10.3. The Morgan fingerprint density at radius 2 is 1.23 bits per heavy atom. The van der Waals surface area contributed by atoms with E-state index >= 15 is 0 Å². The summed E-state index contributed by atoms with van der Waals surface area (Å²) in [5.74, 6) is 0.645. The van der Waals surface area contributed by atoms with Crippen LogP contribution in [0.1, 0.15) is 96.4 Å². The molecule has 0 saturated carbocycles. The van der Waals surface area contributed by atoms with Crippen molar-refractivity contribution in [1.29, 1.82) is 0 Å². The predicted octanol–water partition coefficient (Wildman–Crippen LogP) is 6.71. The molecule has 0 aliphatic heterocycles. The maximum atomic E-state index is 11.7. The van der Waals surface area contributed by atoms with Crippen molar-refractivity contribution >= 4 is 25.3 Å². The van der Waals surface area contributed by atoms with Crippen LogP contribution in [0.2, 0.25) is 0 Å². The molecule has 0 unspecified atom stereocenters. The lowest BCUT2D eigenvalue weighted by Gasteiger charge is -2.47. The Bertz CT molecular complexity index is 475. The van der Waals surface area contributed by atoms with Crippen molar-refractivity contribution in [2.45, 2.75) is 132 Å². The summed E-state index contributed by atoms with van der Waals surface area (Å²) in [6, 6.07) is 1.53. The van der Waals surface area contributed by atoms with Crippen molar-refractivity contribution in [3.8, 4) is 0 Å². The van der Waals surface area contributed by atoms with E-state index in [4.69, 9.17) is 9.26 Å². The lowest BCUT2D eigenvalue weighted by molar-refractivity contribution is -0.127. The summed E-state index contributed by atoms with van der Waals surface area (Å²) < 4.78 is 18.1. The third kappa shape index (κ3) is 10.7. The van der Waals surface area contributed by atoms with E-state index in [1.165, 1.54) is 11.8 Å². The topological polar surface area (TPSA) is 42.0 Å². The van der Waals surface area contributed by atoms with Crippen molar-refractivity contribution < 1.29 is 14.1 Å². The Kier molecular flexibility index (Phi) is 13.2. The van der Waals surface area contributed by atoms with Crippen LogP contribution in [0, 0.1) is 0 Å². The van der Waals surface area contributed by atoms with Crippen LogP contribution in [0.4, 0.5) is 0 Å². The Morgan fingerprint density at radius 3 is 1.57 bits per heavy atom. The van der Waals surface area contributed by atoms with Gasteiger partial charge in [-0.25, -0.2) is 9.34 Å². The zero-order chi connectivity index (χ0) is 23.9. The second kappa shape index (κ2) is 13.1. The second-order valence-corrected chi connectivity index (χ2v) is 13.0. The molecule has 5 nitrogen and oxygen atoms in total. The van der Waals surface area contributed by atoms with Crippen LogP contribution in [0.3, 0.4) is 0 Å². The van der Waals surface area contributed by atoms with E-state index in [-0.39, 0.29) is 5.12 Å². The monoisotopic (exact) mass is 464 g/mol. The normalized spacial score (nSPS) is 13.9. The number of nitrogens with zero attached hydrogens (tertiary/aromatic N) is 2. The van der Waals surface area contributed by atoms with Crippen LogP contribution >= 0.6 is 20.2 Å². The molecule has 30 heavy (non-hydrogen) atoms. The van der Waals surface area contributed by atoms with Gasteiger partial charge in [-0.15, -0.1) is 0 Å². The molecule has 0 amide bonds. The Hall–Kier alpha value is 0.290. The molecule has 180 valence electrons. The average Bonchev–Trinajstić information content (AvgIpc) is 2.55. The number of hydrogen-bond acceptors (Lipinski definition) is 6. The summed E-state index contributed by atoms with van der Waals surface area (Å²) in [5, 5.41) is 0.207. The molecule has 0 spiro atoms. The molecule has 0 bridgehead atoms. The smallest absolute Gasteiger partial charge is 0.189 e. The van der Waals surface area contributed by atoms with E-state index in [9.17, 15) is 4.79 Å². The Labute approximate surface area is 192 Å². The lowest BCUT2D eigenvalue weighted by Crippen LogP contribution is -2.46. The summed E-state index contributed by atoms with van der Waals surface area (Å²) >= 11 is 1.36. The van der Waals surface area contributed by atoms with Gasteiger partial charge in [0.05, 0.1) is 17.8 Å².